The topological polar surface area (TPSA) is 96.7 Å². The summed E-state index contributed by atoms with van der Waals surface area (Å²) in [7, 11) is 0. The predicted octanol–water partition coefficient (Wildman–Crippen LogP) is 0.729. The van der Waals surface area contributed by atoms with Crippen molar-refractivity contribution in [3.63, 3.8) is 0 Å². The van der Waals surface area contributed by atoms with Gasteiger partial charge >= 0.3 is 0 Å². The van der Waals surface area contributed by atoms with Crippen LogP contribution in [0.25, 0.3) is 0 Å². The van der Waals surface area contributed by atoms with Crippen molar-refractivity contribution in [1.82, 2.24) is 20.5 Å². The molecule has 7 heteroatoms. The molecule has 90 valence electrons. The molecule has 0 saturated heterocycles. The molecule has 2 aromatic heterocycles. The van der Waals surface area contributed by atoms with Crippen molar-refractivity contribution in [3.05, 3.63) is 27.8 Å². The molecular formula is C10H13N5OS. The number of nitrogen functional groups attached to an aromatic ring is 1. The molecule has 0 aliphatic heterocycles. The molecule has 0 aromatic carbocycles. The summed E-state index contributed by atoms with van der Waals surface area (Å²) < 4.78 is 0. The number of thiazole rings is 1. The van der Waals surface area contributed by atoms with Crippen LogP contribution in [0.1, 0.15) is 21.1 Å². The fourth-order valence-corrected chi connectivity index (χ4v) is 2.05. The number of amides is 1. The van der Waals surface area contributed by atoms with Crippen molar-refractivity contribution in [2.75, 3.05) is 12.3 Å². The number of nitrogens with zero attached hydrogens (tertiary/aromatic N) is 2. The van der Waals surface area contributed by atoms with E-state index >= 15 is 0 Å². The van der Waals surface area contributed by atoms with Gasteiger partial charge in [-0.2, -0.15) is 5.10 Å². The fraction of sp³-hybridized carbons (Fsp3) is 0.300. The molecule has 2 rings (SSSR count). The van der Waals surface area contributed by atoms with E-state index in [-0.39, 0.29) is 11.7 Å². The average Bonchev–Trinajstić information content (AvgIpc) is 2.87. The maximum atomic E-state index is 11.7. The Morgan fingerprint density at radius 2 is 2.47 bits per heavy atom. The Morgan fingerprint density at radius 3 is 3.06 bits per heavy atom. The SMILES string of the molecule is Cc1nc(CCNC(=O)c2cn[nH]c2N)cs1. The first-order valence-electron chi connectivity index (χ1n) is 5.15. The van der Waals surface area contributed by atoms with E-state index in [4.69, 9.17) is 5.73 Å². The number of carbonyl (C=O) groups is 1. The molecule has 2 aromatic rings. The van der Waals surface area contributed by atoms with Crippen LogP contribution in [0.3, 0.4) is 0 Å². The predicted molar refractivity (Wildman–Crippen MR) is 65.9 cm³/mol. The summed E-state index contributed by atoms with van der Waals surface area (Å²) >= 11 is 1.60. The molecule has 0 atom stereocenters. The maximum absolute atomic E-state index is 11.7. The standard InChI is InChI=1S/C10H13N5OS/c1-6-14-7(5-17-6)2-3-12-10(16)8-4-13-15-9(8)11/h4-5H,2-3H2,1H3,(H,12,16)(H3,11,13,15). The molecule has 0 saturated carbocycles. The van der Waals surface area contributed by atoms with Crippen LogP contribution in [-0.2, 0) is 6.42 Å². The van der Waals surface area contributed by atoms with Gasteiger partial charge in [0.1, 0.15) is 11.4 Å². The molecule has 0 spiro atoms. The molecule has 0 aliphatic carbocycles. The summed E-state index contributed by atoms with van der Waals surface area (Å²) in [6.07, 6.45) is 2.13. The molecular weight excluding hydrogens is 238 g/mol. The van der Waals surface area contributed by atoms with Crippen LogP contribution in [-0.4, -0.2) is 27.6 Å². The minimum Gasteiger partial charge on any atom is -0.383 e. The maximum Gasteiger partial charge on any atom is 0.256 e. The van der Waals surface area contributed by atoms with E-state index in [2.05, 4.69) is 20.5 Å². The Kier molecular flexibility index (Phi) is 3.38. The largest absolute Gasteiger partial charge is 0.383 e. The lowest BCUT2D eigenvalue weighted by molar-refractivity contribution is 0.0955. The molecule has 0 fully saturated rings. The zero-order valence-electron chi connectivity index (χ0n) is 9.36. The van der Waals surface area contributed by atoms with E-state index in [9.17, 15) is 4.79 Å². The number of carbonyl (C=O) groups excluding carboxylic acids is 1. The van der Waals surface area contributed by atoms with Gasteiger partial charge in [0.05, 0.1) is 16.9 Å². The number of aryl methyl sites for hydroxylation is 1. The van der Waals surface area contributed by atoms with Crippen LogP contribution < -0.4 is 11.1 Å². The fourth-order valence-electron chi connectivity index (χ4n) is 1.40. The van der Waals surface area contributed by atoms with E-state index in [1.807, 2.05) is 12.3 Å². The third-order valence-corrected chi connectivity index (χ3v) is 3.07. The first kappa shape index (κ1) is 11.6. The lowest BCUT2D eigenvalue weighted by Crippen LogP contribution is -2.26. The highest BCUT2D eigenvalue weighted by Crippen LogP contribution is 2.08. The van der Waals surface area contributed by atoms with Gasteiger partial charge in [-0.25, -0.2) is 4.98 Å². The van der Waals surface area contributed by atoms with Gasteiger partial charge in [0.15, 0.2) is 0 Å². The zero-order chi connectivity index (χ0) is 12.3. The van der Waals surface area contributed by atoms with Crippen molar-refractivity contribution < 1.29 is 4.79 Å². The number of anilines is 1. The number of hydrogen-bond donors (Lipinski definition) is 3. The Labute approximate surface area is 102 Å². The second kappa shape index (κ2) is 4.96. The number of nitrogens with two attached hydrogens (primary N) is 1. The van der Waals surface area contributed by atoms with Crippen LogP contribution in [0, 0.1) is 6.92 Å². The average molecular weight is 251 g/mol. The Bertz CT molecular complexity index is 518. The molecule has 17 heavy (non-hydrogen) atoms. The number of H-pyrrole nitrogens is 1. The van der Waals surface area contributed by atoms with Gasteiger partial charge in [-0.15, -0.1) is 11.3 Å². The molecule has 6 nitrogen and oxygen atoms in total. The molecule has 0 radical (unpaired) electrons. The number of aromatic nitrogens is 3. The number of rotatable bonds is 4. The minimum absolute atomic E-state index is 0.219. The van der Waals surface area contributed by atoms with Gasteiger partial charge in [0.25, 0.3) is 5.91 Å². The highest BCUT2D eigenvalue weighted by atomic mass is 32.1. The monoisotopic (exact) mass is 251 g/mol. The molecule has 4 N–H and O–H groups in total. The Hall–Kier alpha value is -1.89. The Morgan fingerprint density at radius 1 is 1.65 bits per heavy atom. The second-order valence-electron chi connectivity index (χ2n) is 3.56. The van der Waals surface area contributed by atoms with E-state index in [0.29, 0.717) is 18.5 Å². The highest BCUT2D eigenvalue weighted by molar-refractivity contribution is 7.09. The highest BCUT2D eigenvalue weighted by Gasteiger charge is 2.10. The third-order valence-electron chi connectivity index (χ3n) is 2.25. The lowest BCUT2D eigenvalue weighted by Gasteiger charge is -2.02. The summed E-state index contributed by atoms with van der Waals surface area (Å²) in [5.74, 6) is 0.0650. The van der Waals surface area contributed by atoms with E-state index in [0.717, 1.165) is 10.7 Å². The van der Waals surface area contributed by atoms with Crippen molar-refractivity contribution in [2.24, 2.45) is 0 Å². The van der Waals surface area contributed by atoms with E-state index in [1.54, 1.807) is 11.3 Å². The minimum atomic E-state index is -0.219. The molecule has 2 heterocycles. The summed E-state index contributed by atoms with van der Waals surface area (Å²) in [5, 5.41) is 12.0. The number of hydrogen-bond acceptors (Lipinski definition) is 5. The van der Waals surface area contributed by atoms with Crippen molar-refractivity contribution in [2.45, 2.75) is 13.3 Å². The van der Waals surface area contributed by atoms with Crippen molar-refractivity contribution in [1.29, 1.82) is 0 Å². The smallest absolute Gasteiger partial charge is 0.256 e. The van der Waals surface area contributed by atoms with Gasteiger partial charge in [0.2, 0.25) is 0 Å². The first-order chi connectivity index (χ1) is 8.16. The van der Waals surface area contributed by atoms with Gasteiger partial charge < -0.3 is 11.1 Å². The van der Waals surface area contributed by atoms with Crippen LogP contribution in [0.4, 0.5) is 5.82 Å². The quantitative estimate of drug-likeness (QED) is 0.746. The summed E-state index contributed by atoms with van der Waals surface area (Å²) in [6.45, 7) is 2.49. The van der Waals surface area contributed by atoms with Gasteiger partial charge in [0, 0.05) is 18.3 Å². The van der Waals surface area contributed by atoms with E-state index < -0.39 is 0 Å². The normalized spacial score (nSPS) is 10.4. The van der Waals surface area contributed by atoms with Crippen LogP contribution in [0.5, 0.6) is 0 Å². The van der Waals surface area contributed by atoms with Crippen LogP contribution in [0.15, 0.2) is 11.6 Å². The molecule has 0 unspecified atom stereocenters. The molecule has 1 amide bonds. The number of nitrogens with one attached hydrogen (secondary N) is 2. The molecule has 0 bridgehead atoms. The van der Waals surface area contributed by atoms with Gasteiger partial charge in [-0.3, -0.25) is 9.89 Å². The van der Waals surface area contributed by atoms with Crippen molar-refractivity contribution >= 4 is 23.1 Å². The first-order valence-corrected chi connectivity index (χ1v) is 6.03. The second-order valence-corrected chi connectivity index (χ2v) is 4.62. The van der Waals surface area contributed by atoms with Gasteiger partial charge in [-0.1, -0.05) is 0 Å². The molecule has 0 aliphatic rings. The summed E-state index contributed by atoms with van der Waals surface area (Å²) in [5.41, 5.74) is 6.91. The Balaban J connectivity index is 1.83. The van der Waals surface area contributed by atoms with E-state index in [1.165, 1.54) is 6.20 Å². The summed E-state index contributed by atoms with van der Waals surface area (Å²) in [4.78, 5) is 16.0. The van der Waals surface area contributed by atoms with Crippen LogP contribution >= 0.6 is 11.3 Å². The van der Waals surface area contributed by atoms with Crippen molar-refractivity contribution in [3.8, 4) is 0 Å². The van der Waals surface area contributed by atoms with Crippen LogP contribution in [0.2, 0.25) is 0 Å². The van der Waals surface area contributed by atoms with Gasteiger partial charge in [-0.05, 0) is 6.92 Å². The third kappa shape index (κ3) is 2.82. The lowest BCUT2D eigenvalue weighted by atomic mass is 10.3. The zero-order valence-corrected chi connectivity index (χ0v) is 10.2. The number of aromatic amines is 1. The summed E-state index contributed by atoms with van der Waals surface area (Å²) in [6, 6.07) is 0.